The quantitative estimate of drug-likeness (QED) is 0.543. The van der Waals surface area contributed by atoms with Gasteiger partial charge < -0.3 is 9.47 Å². The van der Waals surface area contributed by atoms with Gasteiger partial charge in [0.05, 0.1) is 6.61 Å². The molecule has 1 atom stereocenters. The molecule has 0 N–H and O–H groups in total. The van der Waals surface area contributed by atoms with Crippen molar-refractivity contribution < 1.29 is 9.47 Å². The molecule has 0 aromatic heterocycles. The van der Waals surface area contributed by atoms with Crippen molar-refractivity contribution in [1.29, 1.82) is 0 Å². The zero-order chi connectivity index (χ0) is 12.0. The number of ether oxygens (including phenoxy) is 2. The molecule has 0 aliphatic rings. The molecular weight excluding hydrogens is 200 g/mol. The number of aryl methyl sites for hydroxylation is 3. The Kier molecular flexibility index (Phi) is 5.50. The Morgan fingerprint density at radius 2 is 2.00 bits per heavy atom. The van der Waals surface area contributed by atoms with Crippen LogP contribution < -0.4 is 0 Å². The van der Waals surface area contributed by atoms with E-state index in [2.05, 4.69) is 32.0 Å². The fraction of sp³-hybridized carbons (Fsp3) is 0.571. The summed E-state index contributed by atoms with van der Waals surface area (Å²) in [5.41, 5.74) is 4.12. The summed E-state index contributed by atoms with van der Waals surface area (Å²) >= 11 is 0. The third-order valence-corrected chi connectivity index (χ3v) is 2.77. The van der Waals surface area contributed by atoms with Gasteiger partial charge >= 0.3 is 0 Å². The fourth-order valence-electron chi connectivity index (χ4n) is 1.71. The maximum absolute atomic E-state index is 5.45. The third-order valence-electron chi connectivity index (χ3n) is 2.77. The minimum absolute atomic E-state index is 0.0980. The van der Waals surface area contributed by atoms with E-state index < -0.39 is 0 Å². The minimum Gasteiger partial charge on any atom is -0.356 e. The number of hydrogen-bond acceptors (Lipinski definition) is 2. The van der Waals surface area contributed by atoms with Crippen molar-refractivity contribution in [1.82, 2.24) is 0 Å². The Hall–Kier alpha value is -0.860. The Bertz CT molecular complexity index is 321. The molecule has 1 unspecified atom stereocenters. The molecule has 90 valence electrons. The van der Waals surface area contributed by atoms with Crippen molar-refractivity contribution in [3.8, 4) is 0 Å². The molecule has 2 nitrogen and oxygen atoms in total. The molecule has 1 aromatic rings. The van der Waals surface area contributed by atoms with Crippen LogP contribution in [-0.4, -0.2) is 20.0 Å². The Morgan fingerprint density at radius 3 is 2.62 bits per heavy atom. The van der Waals surface area contributed by atoms with Gasteiger partial charge in [0.15, 0.2) is 6.29 Å². The van der Waals surface area contributed by atoms with Gasteiger partial charge in [-0.3, -0.25) is 0 Å². The topological polar surface area (TPSA) is 18.5 Å². The number of rotatable bonds is 6. The van der Waals surface area contributed by atoms with Crippen LogP contribution in [0.5, 0.6) is 0 Å². The van der Waals surface area contributed by atoms with E-state index in [-0.39, 0.29) is 6.29 Å². The van der Waals surface area contributed by atoms with Crippen LogP contribution in [0.4, 0.5) is 0 Å². The van der Waals surface area contributed by atoms with Crippen LogP contribution in [0, 0.1) is 13.8 Å². The van der Waals surface area contributed by atoms with Crippen molar-refractivity contribution in [2.75, 3.05) is 13.7 Å². The van der Waals surface area contributed by atoms with E-state index >= 15 is 0 Å². The van der Waals surface area contributed by atoms with Crippen molar-refractivity contribution in [3.05, 3.63) is 34.9 Å². The van der Waals surface area contributed by atoms with Crippen molar-refractivity contribution in [2.24, 2.45) is 0 Å². The van der Waals surface area contributed by atoms with Crippen LogP contribution in [0.15, 0.2) is 18.2 Å². The highest BCUT2D eigenvalue weighted by molar-refractivity contribution is 5.30. The number of hydrogen-bond donors (Lipinski definition) is 0. The average Bonchev–Trinajstić information content (AvgIpc) is 2.26. The van der Waals surface area contributed by atoms with Crippen LogP contribution in [0.3, 0.4) is 0 Å². The van der Waals surface area contributed by atoms with Crippen molar-refractivity contribution in [2.45, 2.75) is 39.9 Å². The van der Waals surface area contributed by atoms with Crippen LogP contribution in [-0.2, 0) is 15.9 Å². The van der Waals surface area contributed by atoms with Gasteiger partial charge in [0.1, 0.15) is 0 Å². The molecule has 0 amide bonds. The second-order valence-corrected chi connectivity index (χ2v) is 4.21. The Morgan fingerprint density at radius 1 is 1.25 bits per heavy atom. The summed E-state index contributed by atoms with van der Waals surface area (Å²) in [4.78, 5) is 0. The third kappa shape index (κ3) is 4.33. The van der Waals surface area contributed by atoms with Gasteiger partial charge in [-0.15, -0.1) is 0 Å². The number of methoxy groups -OCH3 is 1. The van der Waals surface area contributed by atoms with Gasteiger partial charge in [-0.1, -0.05) is 23.8 Å². The molecule has 0 saturated carbocycles. The smallest absolute Gasteiger partial charge is 0.154 e. The molecule has 0 aliphatic carbocycles. The maximum atomic E-state index is 5.45. The summed E-state index contributed by atoms with van der Waals surface area (Å²) < 4.78 is 10.5. The van der Waals surface area contributed by atoms with Crippen LogP contribution in [0.25, 0.3) is 0 Å². The van der Waals surface area contributed by atoms with E-state index in [1.807, 2.05) is 6.92 Å². The average molecular weight is 222 g/mol. The van der Waals surface area contributed by atoms with E-state index in [1.165, 1.54) is 16.7 Å². The molecule has 1 aromatic carbocycles. The van der Waals surface area contributed by atoms with Crippen LogP contribution in [0.2, 0.25) is 0 Å². The second kappa shape index (κ2) is 6.66. The van der Waals surface area contributed by atoms with Crippen molar-refractivity contribution in [3.63, 3.8) is 0 Å². The molecule has 0 aliphatic heterocycles. The highest BCUT2D eigenvalue weighted by atomic mass is 16.7. The van der Waals surface area contributed by atoms with E-state index in [0.29, 0.717) is 0 Å². The molecular formula is C14H22O2. The predicted molar refractivity (Wildman–Crippen MR) is 66.7 cm³/mol. The first-order valence-corrected chi connectivity index (χ1v) is 5.84. The van der Waals surface area contributed by atoms with Gasteiger partial charge in [-0.05, 0) is 44.7 Å². The number of benzene rings is 1. The summed E-state index contributed by atoms with van der Waals surface area (Å²) in [6.07, 6.45) is 2.01. The molecule has 0 heterocycles. The van der Waals surface area contributed by atoms with E-state index in [0.717, 1.165) is 19.4 Å². The van der Waals surface area contributed by atoms with Gasteiger partial charge in [0.25, 0.3) is 0 Å². The first-order valence-electron chi connectivity index (χ1n) is 5.84. The molecule has 0 radical (unpaired) electrons. The monoisotopic (exact) mass is 222 g/mol. The Balaban J connectivity index is 2.32. The normalized spacial score (nSPS) is 12.8. The standard InChI is InChI=1S/C14H22O2/c1-11-7-8-14(12(2)10-11)6-5-9-16-13(3)15-4/h7-8,10,13H,5-6,9H2,1-4H3. The SMILES string of the molecule is COC(C)OCCCc1ccc(C)cc1C. The summed E-state index contributed by atoms with van der Waals surface area (Å²) in [6, 6.07) is 6.61. The molecule has 0 fully saturated rings. The Labute approximate surface area is 98.6 Å². The van der Waals surface area contributed by atoms with Gasteiger partial charge in [-0.2, -0.15) is 0 Å². The summed E-state index contributed by atoms with van der Waals surface area (Å²) in [5.74, 6) is 0. The van der Waals surface area contributed by atoms with Gasteiger partial charge in [0, 0.05) is 7.11 Å². The van der Waals surface area contributed by atoms with E-state index in [1.54, 1.807) is 7.11 Å². The fourth-order valence-corrected chi connectivity index (χ4v) is 1.71. The largest absolute Gasteiger partial charge is 0.356 e. The lowest BCUT2D eigenvalue weighted by molar-refractivity contribution is -0.111. The lowest BCUT2D eigenvalue weighted by Crippen LogP contribution is -2.11. The van der Waals surface area contributed by atoms with E-state index in [4.69, 9.17) is 9.47 Å². The predicted octanol–water partition coefficient (Wildman–Crippen LogP) is 3.25. The summed E-state index contributed by atoms with van der Waals surface area (Å²) in [6.45, 7) is 6.96. The molecule has 1 rings (SSSR count). The second-order valence-electron chi connectivity index (χ2n) is 4.21. The highest BCUT2D eigenvalue weighted by Crippen LogP contribution is 2.12. The van der Waals surface area contributed by atoms with Gasteiger partial charge in [-0.25, -0.2) is 0 Å². The summed E-state index contributed by atoms with van der Waals surface area (Å²) in [5, 5.41) is 0. The molecule has 2 heteroatoms. The molecule has 0 saturated heterocycles. The molecule has 0 spiro atoms. The molecule has 16 heavy (non-hydrogen) atoms. The molecule has 0 bridgehead atoms. The summed E-state index contributed by atoms with van der Waals surface area (Å²) in [7, 11) is 1.66. The van der Waals surface area contributed by atoms with Crippen molar-refractivity contribution >= 4 is 0 Å². The highest BCUT2D eigenvalue weighted by Gasteiger charge is 2.01. The van der Waals surface area contributed by atoms with Crippen LogP contribution in [0.1, 0.15) is 30.0 Å². The van der Waals surface area contributed by atoms with E-state index in [9.17, 15) is 0 Å². The minimum atomic E-state index is -0.0980. The van der Waals surface area contributed by atoms with Crippen LogP contribution >= 0.6 is 0 Å². The zero-order valence-electron chi connectivity index (χ0n) is 10.7. The lowest BCUT2D eigenvalue weighted by Gasteiger charge is -2.11. The zero-order valence-corrected chi connectivity index (χ0v) is 10.7. The first kappa shape index (κ1) is 13.2. The maximum Gasteiger partial charge on any atom is 0.154 e. The lowest BCUT2D eigenvalue weighted by atomic mass is 10.0. The van der Waals surface area contributed by atoms with Gasteiger partial charge in [0.2, 0.25) is 0 Å². The first-order chi connectivity index (χ1) is 7.63.